The zero-order valence-electron chi connectivity index (χ0n) is 16.3. The van der Waals surface area contributed by atoms with E-state index in [1.807, 2.05) is 0 Å². The average molecular weight is 486 g/mol. The van der Waals surface area contributed by atoms with Gasteiger partial charge in [0.15, 0.2) is 23.9 Å². The summed E-state index contributed by atoms with van der Waals surface area (Å²) in [6, 6.07) is 4.80. The standard InChI is InChI=1S/C20H18BrF2NO6/c1-27-15-9-17(29-3)16(28-2)6-11(15)4-5-19(26)30-10-18(25)24-20-13(21)7-12(22)8-14(20)23/h4-9H,10H2,1-3H3,(H,24,25)/b5-4+. The number of esters is 1. The number of carbonyl (C=O) groups is 2. The Kier molecular flexibility index (Phi) is 8.16. The maximum atomic E-state index is 13.7. The predicted octanol–water partition coefficient (Wildman–Crippen LogP) is 3.95. The molecule has 160 valence electrons. The van der Waals surface area contributed by atoms with Gasteiger partial charge in [-0.25, -0.2) is 13.6 Å². The van der Waals surface area contributed by atoms with Crippen molar-refractivity contribution in [1.29, 1.82) is 0 Å². The normalized spacial score (nSPS) is 10.6. The van der Waals surface area contributed by atoms with Crippen LogP contribution in [0.3, 0.4) is 0 Å². The first-order valence-corrected chi connectivity index (χ1v) is 9.17. The first-order valence-electron chi connectivity index (χ1n) is 8.38. The monoisotopic (exact) mass is 485 g/mol. The average Bonchev–Trinajstić information content (AvgIpc) is 2.72. The van der Waals surface area contributed by atoms with Crippen molar-refractivity contribution >= 4 is 39.6 Å². The van der Waals surface area contributed by atoms with E-state index in [0.717, 1.165) is 12.1 Å². The summed E-state index contributed by atoms with van der Waals surface area (Å²) in [5.41, 5.74) is 0.247. The molecule has 0 aliphatic rings. The largest absolute Gasteiger partial charge is 0.496 e. The van der Waals surface area contributed by atoms with E-state index in [1.165, 1.54) is 27.4 Å². The number of hydrogen-bond acceptors (Lipinski definition) is 6. The first kappa shape index (κ1) is 23.1. The summed E-state index contributed by atoms with van der Waals surface area (Å²) in [4.78, 5) is 23.8. The highest BCUT2D eigenvalue weighted by Crippen LogP contribution is 2.35. The van der Waals surface area contributed by atoms with E-state index in [-0.39, 0.29) is 10.2 Å². The lowest BCUT2D eigenvalue weighted by Gasteiger charge is -2.12. The van der Waals surface area contributed by atoms with Gasteiger partial charge in [-0.1, -0.05) is 0 Å². The van der Waals surface area contributed by atoms with Crippen LogP contribution in [-0.2, 0) is 14.3 Å². The summed E-state index contributed by atoms with van der Waals surface area (Å²) in [7, 11) is 4.40. The zero-order valence-corrected chi connectivity index (χ0v) is 17.8. The number of ether oxygens (including phenoxy) is 4. The predicted molar refractivity (Wildman–Crippen MR) is 109 cm³/mol. The van der Waals surface area contributed by atoms with Gasteiger partial charge < -0.3 is 24.3 Å². The Morgan fingerprint density at radius 2 is 1.63 bits per heavy atom. The third-order valence-corrected chi connectivity index (χ3v) is 4.38. The smallest absolute Gasteiger partial charge is 0.331 e. The highest BCUT2D eigenvalue weighted by molar-refractivity contribution is 9.10. The fraction of sp³-hybridized carbons (Fsp3) is 0.200. The van der Waals surface area contributed by atoms with Crippen molar-refractivity contribution in [3.63, 3.8) is 0 Å². The van der Waals surface area contributed by atoms with Crippen molar-refractivity contribution in [3.8, 4) is 17.2 Å². The zero-order chi connectivity index (χ0) is 22.3. The SMILES string of the molecule is COc1cc(OC)c(OC)cc1/C=C/C(=O)OCC(=O)Nc1c(F)cc(F)cc1Br. The Labute approximate surface area is 179 Å². The third kappa shape index (κ3) is 5.93. The van der Waals surface area contributed by atoms with Crippen LogP contribution in [-0.4, -0.2) is 39.8 Å². The first-order chi connectivity index (χ1) is 14.3. The molecule has 1 N–H and O–H groups in total. The molecule has 0 unspecified atom stereocenters. The molecule has 0 bridgehead atoms. The fourth-order valence-corrected chi connectivity index (χ4v) is 2.87. The molecule has 0 spiro atoms. The Morgan fingerprint density at radius 1 is 1.00 bits per heavy atom. The lowest BCUT2D eigenvalue weighted by Crippen LogP contribution is -2.21. The molecule has 1 amide bonds. The van der Waals surface area contributed by atoms with Crippen LogP contribution in [0.2, 0.25) is 0 Å². The summed E-state index contributed by atoms with van der Waals surface area (Å²) in [6.07, 6.45) is 2.50. The van der Waals surface area contributed by atoms with Crippen molar-refractivity contribution in [2.45, 2.75) is 0 Å². The van der Waals surface area contributed by atoms with Crippen molar-refractivity contribution in [2.24, 2.45) is 0 Å². The topological polar surface area (TPSA) is 83.1 Å². The highest BCUT2D eigenvalue weighted by atomic mass is 79.9. The Morgan fingerprint density at radius 3 is 2.23 bits per heavy atom. The summed E-state index contributed by atoms with van der Waals surface area (Å²) in [5, 5.41) is 2.20. The van der Waals surface area contributed by atoms with Crippen LogP contribution in [0, 0.1) is 11.6 Å². The molecule has 0 saturated carbocycles. The van der Waals surface area contributed by atoms with E-state index in [0.29, 0.717) is 28.9 Å². The van der Waals surface area contributed by atoms with E-state index in [2.05, 4.69) is 21.2 Å². The van der Waals surface area contributed by atoms with Gasteiger partial charge in [0.1, 0.15) is 11.6 Å². The molecule has 0 heterocycles. The Balaban J connectivity index is 2.01. The van der Waals surface area contributed by atoms with Gasteiger partial charge in [0.2, 0.25) is 0 Å². The second-order valence-corrected chi connectivity index (χ2v) is 6.54. The molecule has 7 nitrogen and oxygen atoms in total. The van der Waals surface area contributed by atoms with Crippen LogP contribution in [0.4, 0.5) is 14.5 Å². The molecular weight excluding hydrogens is 468 g/mol. The molecule has 10 heteroatoms. The van der Waals surface area contributed by atoms with Crippen LogP contribution in [0.5, 0.6) is 17.2 Å². The summed E-state index contributed by atoms with van der Waals surface area (Å²) >= 11 is 2.95. The Hall–Kier alpha value is -3.14. The maximum Gasteiger partial charge on any atom is 0.331 e. The molecule has 2 aromatic carbocycles. The van der Waals surface area contributed by atoms with Crippen LogP contribution < -0.4 is 19.5 Å². The minimum Gasteiger partial charge on any atom is -0.496 e. The van der Waals surface area contributed by atoms with Gasteiger partial charge >= 0.3 is 5.97 Å². The number of amides is 1. The summed E-state index contributed by atoms with van der Waals surface area (Å²) in [6.45, 7) is -0.671. The molecule has 0 radical (unpaired) electrons. The number of anilines is 1. The van der Waals surface area contributed by atoms with Gasteiger partial charge in [-0.2, -0.15) is 0 Å². The van der Waals surface area contributed by atoms with Crippen LogP contribution in [0.25, 0.3) is 6.08 Å². The second kappa shape index (κ2) is 10.6. The number of nitrogens with one attached hydrogen (secondary N) is 1. The lowest BCUT2D eigenvalue weighted by atomic mass is 10.1. The molecule has 2 rings (SSSR count). The number of rotatable bonds is 8. The number of halogens is 3. The molecule has 2 aromatic rings. The Bertz CT molecular complexity index is 957. The van der Waals surface area contributed by atoms with Crippen LogP contribution in [0.1, 0.15) is 5.56 Å². The van der Waals surface area contributed by atoms with Gasteiger partial charge in [-0.05, 0) is 34.1 Å². The van der Waals surface area contributed by atoms with Gasteiger partial charge in [0, 0.05) is 28.2 Å². The van der Waals surface area contributed by atoms with Crippen LogP contribution in [0.15, 0.2) is 34.8 Å². The maximum absolute atomic E-state index is 13.7. The summed E-state index contributed by atoms with van der Waals surface area (Å²) < 4.78 is 47.3. The molecule has 0 aliphatic carbocycles. The molecular formula is C20H18BrF2NO6. The molecule has 0 atom stereocenters. The van der Waals surface area contributed by atoms with Crippen molar-refractivity contribution in [1.82, 2.24) is 0 Å². The van der Waals surface area contributed by atoms with Crippen LogP contribution >= 0.6 is 15.9 Å². The minimum atomic E-state index is -0.970. The molecule has 0 aliphatic heterocycles. The highest BCUT2D eigenvalue weighted by Gasteiger charge is 2.14. The number of carbonyl (C=O) groups excluding carboxylic acids is 2. The van der Waals surface area contributed by atoms with Gasteiger partial charge in [-0.3, -0.25) is 4.79 Å². The fourth-order valence-electron chi connectivity index (χ4n) is 2.36. The van der Waals surface area contributed by atoms with E-state index in [4.69, 9.17) is 18.9 Å². The number of methoxy groups -OCH3 is 3. The van der Waals surface area contributed by atoms with Crippen molar-refractivity contribution in [3.05, 3.63) is 52.0 Å². The van der Waals surface area contributed by atoms with E-state index < -0.39 is 30.1 Å². The molecule has 0 fully saturated rings. The molecule has 30 heavy (non-hydrogen) atoms. The minimum absolute atomic E-state index is 0.0140. The van der Waals surface area contributed by atoms with Gasteiger partial charge in [-0.15, -0.1) is 0 Å². The molecule has 0 saturated heterocycles. The van der Waals surface area contributed by atoms with Crippen molar-refractivity contribution < 1.29 is 37.3 Å². The van der Waals surface area contributed by atoms with E-state index in [1.54, 1.807) is 12.1 Å². The van der Waals surface area contributed by atoms with Crippen molar-refractivity contribution in [2.75, 3.05) is 33.3 Å². The van der Waals surface area contributed by atoms with E-state index in [9.17, 15) is 18.4 Å². The van der Waals surface area contributed by atoms with Gasteiger partial charge in [0.25, 0.3) is 5.91 Å². The second-order valence-electron chi connectivity index (χ2n) is 5.68. The number of benzene rings is 2. The quantitative estimate of drug-likeness (QED) is 0.450. The van der Waals surface area contributed by atoms with E-state index >= 15 is 0 Å². The summed E-state index contributed by atoms with van der Waals surface area (Å²) in [5.74, 6) is -2.09. The molecule has 0 aromatic heterocycles. The number of hydrogen-bond donors (Lipinski definition) is 1. The third-order valence-electron chi connectivity index (χ3n) is 3.75. The lowest BCUT2D eigenvalue weighted by molar-refractivity contribution is -0.142. The van der Waals surface area contributed by atoms with Gasteiger partial charge in [0.05, 0.1) is 27.0 Å².